The molecular formula is C14H30N4O2. The molecule has 1 heterocycles. The van der Waals surface area contributed by atoms with Gasteiger partial charge < -0.3 is 20.7 Å². The summed E-state index contributed by atoms with van der Waals surface area (Å²) in [5, 5.41) is 2.98. The topological polar surface area (TPSA) is 70.8 Å². The summed E-state index contributed by atoms with van der Waals surface area (Å²) in [6, 6.07) is -0.0598. The molecule has 0 saturated carbocycles. The van der Waals surface area contributed by atoms with E-state index in [-0.39, 0.29) is 11.9 Å². The molecular weight excluding hydrogens is 256 g/mol. The summed E-state index contributed by atoms with van der Waals surface area (Å²) in [6.07, 6.45) is 1.96. The smallest absolute Gasteiger partial charge is 0.237 e. The third-order valence-corrected chi connectivity index (χ3v) is 3.82. The maximum Gasteiger partial charge on any atom is 0.237 e. The van der Waals surface area contributed by atoms with E-state index in [0.29, 0.717) is 19.7 Å². The van der Waals surface area contributed by atoms with Crippen LogP contribution in [0.1, 0.15) is 19.8 Å². The number of nitrogens with two attached hydrogens (primary N) is 1. The van der Waals surface area contributed by atoms with Gasteiger partial charge in [-0.3, -0.25) is 9.69 Å². The number of ether oxygens (including phenoxy) is 1. The van der Waals surface area contributed by atoms with Crippen LogP contribution in [0.3, 0.4) is 0 Å². The molecule has 0 aromatic heterocycles. The molecule has 1 aliphatic heterocycles. The van der Waals surface area contributed by atoms with Crippen LogP contribution in [0.5, 0.6) is 0 Å². The molecule has 6 heteroatoms. The average Bonchev–Trinajstić information content (AvgIpc) is 2.68. The summed E-state index contributed by atoms with van der Waals surface area (Å²) in [7, 11) is 1.68. The van der Waals surface area contributed by atoms with Crippen molar-refractivity contribution < 1.29 is 9.53 Å². The number of carbonyl (C=O) groups is 1. The van der Waals surface area contributed by atoms with E-state index >= 15 is 0 Å². The molecule has 0 aliphatic carbocycles. The fraction of sp³-hybridized carbons (Fsp3) is 0.929. The molecule has 1 aliphatic rings. The molecule has 0 aromatic rings. The summed E-state index contributed by atoms with van der Waals surface area (Å²) in [5.41, 5.74) is 5.60. The van der Waals surface area contributed by atoms with Gasteiger partial charge in [-0.05, 0) is 26.3 Å². The average molecular weight is 286 g/mol. The van der Waals surface area contributed by atoms with Gasteiger partial charge in [0.05, 0.1) is 6.04 Å². The Hall–Kier alpha value is -0.690. The van der Waals surface area contributed by atoms with E-state index in [4.69, 9.17) is 10.5 Å². The highest BCUT2D eigenvalue weighted by atomic mass is 16.5. The van der Waals surface area contributed by atoms with E-state index in [1.165, 1.54) is 0 Å². The third kappa shape index (κ3) is 6.17. The van der Waals surface area contributed by atoms with Crippen molar-refractivity contribution in [3.05, 3.63) is 0 Å². The highest BCUT2D eigenvalue weighted by molar-refractivity contribution is 5.81. The number of nitrogens with one attached hydrogen (secondary N) is 1. The van der Waals surface area contributed by atoms with Crippen LogP contribution < -0.4 is 11.1 Å². The molecule has 0 aromatic carbocycles. The van der Waals surface area contributed by atoms with Crippen molar-refractivity contribution in [3.8, 4) is 0 Å². The summed E-state index contributed by atoms with van der Waals surface area (Å²) >= 11 is 0. The Morgan fingerprint density at radius 2 is 2.15 bits per heavy atom. The third-order valence-electron chi connectivity index (χ3n) is 3.82. The zero-order chi connectivity index (χ0) is 14.8. The van der Waals surface area contributed by atoms with Gasteiger partial charge in [0.25, 0.3) is 0 Å². The quantitative estimate of drug-likeness (QED) is 0.588. The van der Waals surface area contributed by atoms with Crippen LogP contribution in [0.2, 0.25) is 0 Å². The zero-order valence-electron chi connectivity index (χ0n) is 12.9. The van der Waals surface area contributed by atoms with Crippen LogP contribution in [0, 0.1) is 0 Å². The number of hydrogen-bond donors (Lipinski definition) is 2. The Bertz CT molecular complexity index is 276. The molecule has 20 heavy (non-hydrogen) atoms. The molecule has 0 radical (unpaired) electrons. The van der Waals surface area contributed by atoms with Gasteiger partial charge in [0, 0.05) is 53.0 Å². The van der Waals surface area contributed by atoms with Crippen LogP contribution in [0.4, 0.5) is 0 Å². The molecule has 1 atom stereocenters. The van der Waals surface area contributed by atoms with Crippen LogP contribution >= 0.6 is 0 Å². The van der Waals surface area contributed by atoms with Crippen molar-refractivity contribution >= 4 is 5.91 Å². The predicted molar refractivity (Wildman–Crippen MR) is 80.6 cm³/mol. The number of nitrogens with zero attached hydrogens (tertiary/aromatic N) is 2. The minimum atomic E-state index is -0.0598. The first-order valence-electron chi connectivity index (χ1n) is 7.62. The number of amides is 1. The van der Waals surface area contributed by atoms with Gasteiger partial charge in [-0.1, -0.05) is 0 Å². The first kappa shape index (κ1) is 17.4. The maximum absolute atomic E-state index is 12.1. The van der Waals surface area contributed by atoms with Crippen LogP contribution in [0.15, 0.2) is 0 Å². The van der Waals surface area contributed by atoms with Gasteiger partial charge in [0.15, 0.2) is 0 Å². The summed E-state index contributed by atoms with van der Waals surface area (Å²) in [6.45, 7) is 9.01. The van der Waals surface area contributed by atoms with Gasteiger partial charge in [0.1, 0.15) is 0 Å². The molecule has 1 rings (SSSR count). The minimum Gasteiger partial charge on any atom is -0.385 e. The maximum atomic E-state index is 12.1. The fourth-order valence-electron chi connectivity index (χ4n) is 2.53. The molecule has 0 spiro atoms. The molecule has 6 nitrogen and oxygen atoms in total. The van der Waals surface area contributed by atoms with Gasteiger partial charge >= 0.3 is 0 Å². The lowest BCUT2D eigenvalue weighted by molar-refractivity contribution is -0.125. The monoisotopic (exact) mass is 286 g/mol. The second kappa shape index (κ2) is 10.1. The van der Waals surface area contributed by atoms with Gasteiger partial charge in [0.2, 0.25) is 5.91 Å². The summed E-state index contributed by atoms with van der Waals surface area (Å²) in [5.74, 6) is 0.119. The van der Waals surface area contributed by atoms with E-state index in [2.05, 4.69) is 15.1 Å². The molecule has 1 saturated heterocycles. The molecule has 0 bridgehead atoms. The molecule has 118 valence electrons. The SMILES string of the molecule is COCCCNC(=O)C(C)N1CCCN(CCN)CC1. The minimum absolute atomic E-state index is 0.0598. The highest BCUT2D eigenvalue weighted by Crippen LogP contribution is 2.07. The Labute approximate surface area is 122 Å². The summed E-state index contributed by atoms with van der Waals surface area (Å²) in [4.78, 5) is 16.7. The summed E-state index contributed by atoms with van der Waals surface area (Å²) < 4.78 is 4.97. The number of rotatable bonds is 8. The van der Waals surface area contributed by atoms with Crippen LogP contribution in [0.25, 0.3) is 0 Å². The van der Waals surface area contributed by atoms with Gasteiger partial charge in [-0.2, -0.15) is 0 Å². The first-order chi connectivity index (χ1) is 9.69. The van der Waals surface area contributed by atoms with Crippen LogP contribution in [-0.4, -0.2) is 81.3 Å². The van der Waals surface area contributed by atoms with Crippen molar-refractivity contribution in [3.63, 3.8) is 0 Å². The van der Waals surface area contributed by atoms with Crippen molar-refractivity contribution in [2.24, 2.45) is 5.73 Å². The van der Waals surface area contributed by atoms with E-state index < -0.39 is 0 Å². The van der Waals surface area contributed by atoms with E-state index in [9.17, 15) is 4.79 Å². The van der Waals surface area contributed by atoms with Crippen LogP contribution in [-0.2, 0) is 9.53 Å². The van der Waals surface area contributed by atoms with E-state index in [0.717, 1.165) is 45.6 Å². The standard InChI is InChI=1S/C14H30N4O2/c1-13(14(19)16-6-3-12-20-2)18-8-4-7-17(9-5-15)10-11-18/h13H,3-12,15H2,1-2H3,(H,16,19). The predicted octanol–water partition coefficient (Wildman–Crippen LogP) is -0.506. The molecule has 1 fully saturated rings. The lowest BCUT2D eigenvalue weighted by Gasteiger charge is -2.27. The Morgan fingerprint density at radius 3 is 2.85 bits per heavy atom. The largest absolute Gasteiger partial charge is 0.385 e. The Kier molecular flexibility index (Phi) is 8.77. The second-order valence-electron chi connectivity index (χ2n) is 5.33. The van der Waals surface area contributed by atoms with Crippen molar-refractivity contribution in [1.82, 2.24) is 15.1 Å². The molecule has 1 unspecified atom stereocenters. The molecule has 1 amide bonds. The number of hydrogen-bond acceptors (Lipinski definition) is 5. The van der Waals surface area contributed by atoms with E-state index in [1.54, 1.807) is 7.11 Å². The van der Waals surface area contributed by atoms with Crippen molar-refractivity contribution in [2.45, 2.75) is 25.8 Å². The number of carbonyl (C=O) groups excluding carboxylic acids is 1. The Balaban J connectivity index is 2.30. The zero-order valence-corrected chi connectivity index (χ0v) is 12.9. The fourth-order valence-corrected chi connectivity index (χ4v) is 2.53. The van der Waals surface area contributed by atoms with Crippen molar-refractivity contribution in [1.29, 1.82) is 0 Å². The number of methoxy groups -OCH3 is 1. The van der Waals surface area contributed by atoms with Gasteiger partial charge in [-0.25, -0.2) is 0 Å². The first-order valence-corrected chi connectivity index (χ1v) is 7.62. The lowest BCUT2D eigenvalue weighted by atomic mass is 10.2. The van der Waals surface area contributed by atoms with Crippen molar-refractivity contribution in [2.75, 3.05) is 59.5 Å². The second-order valence-corrected chi connectivity index (χ2v) is 5.33. The highest BCUT2D eigenvalue weighted by Gasteiger charge is 2.23. The van der Waals surface area contributed by atoms with E-state index in [1.807, 2.05) is 6.92 Å². The molecule has 3 N–H and O–H groups in total. The Morgan fingerprint density at radius 1 is 1.35 bits per heavy atom. The normalized spacial score (nSPS) is 19.6. The van der Waals surface area contributed by atoms with Gasteiger partial charge in [-0.15, -0.1) is 0 Å². The lowest BCUT2D eigenvalue weighted by Crippen LogP contribution is -2.47.